The Bertz CT molecular complexity index is 335. The largest absolute Gasteiger partial charge is 0.325 e. The van der Waals surface area contributed by atoms with Gasteiger partial charge in [0.25, 0.3) is 0 Å². The number of hydrogen-bond acceptors (Lipinski definition) is 4. The molecule has 0 bridgehead atoms. The summed E-state index contributed by atoms with van der Waals surface area (Å²) in [7, 11) is 0. The summed E-state index contributed by atoms with van der Waals surface area (Å²) < 4.78 is 0. The summed E-state index contributed by atoms with van der Waals surface area (Å²) in [5, 5.41) is 3.36. The molecule has 0 saturated carbocycles. The van der Waals surface area contributed by atoms with Crippen molar-refractivity contribution in [1.29, 1.82) is 0 Å². The molecule has 1 aliphatic heterocycles. The van der Waals surface area contributed by atoms with Crippen LogP contribution in [-0.2, 0) is 6.54 Å². The topological polar surface area (TPSA) is 42.2 Å². The second kappa shape index (κ2) is 5.25. The van der Waals surface area contributed by atoms with E-state index >= 15 is 0 Å². The number of aromatic nitrogens is 1. The summed E-state index contributed by atoms with van der Waals surface area (Å²) in [5.41, 5.74) is 6.65. The summed E-state index contributed by atoms with van der Waals surface area (Å²) >= 11 is 1.77. The summed E-state index contributed by atoms with van der Waals surface area (Å²) in [6.45, 7) is 6.32. The second-order valence-electron chi connectivity index (χ2n) is 4.72. The standard InChI is InChI=1S/C12H21N3S/c1-9(2)15-6-4-3-5-11(15)12-14-10(7-13)8-16-12/h8-9,11H,3-7,13H2,1-2H3. The molecule has 2 N–H and O–H groups in total. The zero-order valence-corrected chi connectivity index (χ0v) is 11.0. The zero-order chi connectivity index (χ0) is 11.5. The molecule has 1 aromatic heterocycles. The van der Waals surface area contributed by atoms with Gasteiger partial charge in [-0.1, -0.05) is 6.42 Å². The van der Waals surface area contributed by atoms with Crippen LogP contribution in [0.25, 0.3) is 0 Å². The highest BCUT2D eigenvalue weighted by molar-refractivity contribution is 7.09. The van der Waals surface area contributed by atoms with E-state index < -0.39 is 0 Å². The maximum atomic E-state index is 5.62. The van der Waals surface area contributed by atoms with Gasteiger partial charge < -0.3 is 5.73 Å². The molecule has 2 rings (SSSR count). The van der Waals surface area contributed by atoms with Gasteiger partial charge in [-0.3, -0.25) is 4.90 Å². The molecule has 1 atom stereocenters. The first-order valence-corrected chi connectivity index (χ1v) is 7.00. The summed E-state index contributed by atoms with van der Waals surface area (Å²) in [6.07, 6.45) is 3.89. The first-order chi connectivity index (χ1) is 7.72. The molecular formula is C12H21N3S. The lowest BCUT2D eigenvalue weighted by atomic mass is 10.0. The Morgan fingerprint density at radius 2 is 2.38 bits per heavy atom. The van der Waals surface area contributed by atoms with Crippen molar-refractivity contribution in [2.24, 2.45) is 5.73 Å². The molecular weight excluding hydrogens is 218 g/mol. The Morgan fingerprint density at radius 3 is 3.00 bits per heavy atom. The molecule has 1 saturated heterocycles. The van der Waals surface area contributed by atoms with Gasteiger partial charge in [0.15, 0.2) is 0 Å². The minimum atomic E-state index is 0.527. The lowest BCUT2D eigenvalue weighted by Gasteiger charge is -2.37. The fourth-order valence-electron chi connectivity index (χ4n) is 2.41. The van der Waals surface area contributed by atoms with Crippen LogP contribution in [0.5, 0.6) is 0 Å². The number of rotatable bonds is 3. The summed E-state index contributed by atoms with van der Waals surface area (Å²) in [4.78, 5) is 7.21. The monoisotopic (exact) mass is 239 g/mol. The molecule has 1 aromatic rings. The second-order valence-corrected chi connectivity index (χ2v) is 5.61. The molecule has 90 valence electrons. The van der Waals surface area contributed by atoms with Crippen molar-refractivity contribution < 1.29 is 0 Å². The van der Waals surface area contributed by atoms with Crippen molar-refractivity contribution in [3.63, 3.8) is 0 Å². The van der Waals surface area contributed by atoms with Gasteiger partial charge in [0, 0.05) is 18.0 Å². The molecule has 0 radical (unpaired) electrons. The summed E-state index contributed by atoms with van der Waals surface area (Å²) in [5.74, 6) is 0. The van der Waals surface area contributed by atoms with Crippen LogP contribution in [0.1, 0.15) is 49.9 Å². The van der Waals surface area contributed by atoms with E-state index in [1.54, 1.807) is 11.3 Å². The van der Waals surface area contributed by atoms with Gasteiger partial charge in [0.05, 0.1) is 11.7 Å². The molecule has 0 aromatic carbocycles. The maximum Gasteiger partial charge on any atom is 0.110 e. The van der Waals surface area contributed by atoms with Crippen LogP contribution in [0.3, 0.4) is 0 Å². The Labute approximate surface area is 102 Å². The summed E-state index contributed by atoms with van der Waals surface area (Å²) in [6, 6.07) is 1.13. The van der Waals surface area contributed by atoms with E-state index in [0.717, 1.165) is 5.69 Å². The van der Waals surface area contributed by atoms with E-state index in [0.29, 0.717) is 18.6 Å². The van der Waals surface area contributed by atoms with E-state index in [2.05, 4.69) is 29.1 Å². The molecule has 3 nitrogen and oxygen atoms in total. The van der Waals surface area contributed by atoms with Crippen LogP contribution >= 0.6 is 11.3 Å². The normalized spacial score (nSPS) is 22.9. The van der Waals surface area contributed by atoms with Gasteiger partial charge in [0.2, 0.25) is 0 Å². The molecule has 2 heterocycles. The number of nitrogens with zero attached hydrogens (tertiary/aromatic N) is 2. The molecule has 0 aliphatic carbocycles. The van der Waals surface area contributed by atoms with Gasteiger partial charge in [0.1, 0.15) is 5.01 Å². The zero-order valence-electron chi connectivity index (χ0n) is 10.1. The molecule has 0 spiro atoms. The smallest absolute Gasteiger partial charge is 0.110 e. The van der Waals surface area contributed by atoms with Crippen molar-refractivity contribution in [2.75, 3.05) is 6.54 Å². The minimum Gasteiger partial charge on any atom is -0.325 e. The number of likely N-dealkylation sites (tertiary alicyclic amines) is 1. The SMILES string of the molecule is CC(C)N1CCCCC1c1nc(CN)cs1. The molecule has 0 amide bonds. The third-order valence-corrected chi connectivity index (χ3v) is 4.27. The predicted molar refractivity (Wildman–Crippen MR) is 68.4 cm³/mol. The Hall–Kier alpha value is -0.450. The number of thiazole rings is 1. The lowest BCUT2D eigenvalue weighted by Crippen LogP contribution is -2.38. The van der Waals surface area contributed by atoms with Crippen LogP contribution < -0.4 is 5.73 Å². The van der Waals surface area contributed by atoms with E-state index in [1.807, 2.05) is 0 Å². The molecule has 1 unspecified atom stereocenters. The maximum absolute atomic E-state index is 5.62. The Kier molecular flexibility index (Phi) is 3.95. The Balaban J connectivity index is 2.16. The predicted octanol–water partition coefficient (Wildman–Crippen LogP) is 2.54. The van der Waals surface area contributed by atoms with Crippen LogP contribution in [0.2, 0.25) is 0 Å². The molecule has 1 aliphatic rings. The quantitative estimate of drug-likeness (QED) is 0.881. The number of hydrogen-bond donors (Lipinski definition) is 1. The fraction of sp³-hybridized carbons (Fsp3) is 0.750. The Morgan fingerprint density at radius 1 is 1.56 bits per heavy atom. The van der Waals surface area contributed by atoms with Crippen molar-refractivity contribution in [2.45, 2.75) is 51.7 Å². The van der Waals surface area contributed by atoms with Gasteiger partial charge in [-0.25, -0.2) is 4.98 Å². The number of piperidine rings is 1. The molecule has 1 fully saturated rings. The van der Waals surface area contributed by atoms with Crippen molar-refractivity contribution in [3.05, 3.63) is 16.1 Å². The fourth-order valence-corrected chi connectivity index (χ4v) is 3.39. The lowest BCUT2D eigenvalue weighted by molar-refractivity contribution is 0.112. The van der Waals surface area contributed by atoms with Gasteiger partial charge in [-0.2, -0.15) is 0 Å². The van der Waals surface area contributed by atoms with E-state index in [4.69, 9.17) is 5.73 Å². The minimum absolute atomic E-state index is 0.527. The first-order valence-electron chi connectivity index (χ1n) is 6.12. The van der Waals surface area contributed by atoms with Crippen LogP contribution in [0.15, 0.2) is 5.38 Å². The molecule has 16 heavy (non-hydrogen) atoms. The van der Waals surface area contributed by atoms with Crippen molar-refractivity contribution in [3.8, 4) is 0 Å². The van der Waals surface area contributed by atoms with Gasteiger partial charge in [-0.05, 0) is 33.2 Å². The van der Waals surface area contributed by atoms with Gasteiger partial charge in [-0.15, -0.1) is 11.3 Å². The van der Waals surface area contributed by atoms with E-state index in [-0.39, 0.29) is 0 Å². The first kappa shape index (κ1) is 12.0. The molecule has 4 heteroatoms. The third-order valence-electron chi connectivity index (χ3n) is 3.27. The van der Waals surface area contributed by atoms with Crippen molar-refractivity contribution in [1.82, 2.24) is 9.88 Å². The average molecular weight is 239 g/mol. The van der Waals surface area contributed by atoms with Crippen LogP contribution in [0, 0.1) is 0 Å². The van der Waals surface area contributed by atoms with Crippen LogP contribution in [0.4, 0.5) is 0 Å². The number of nitrogens with two attached hydrogens (primary N) is 1. The highest BCUT2D eigenvalue weighted by Crippen LogP contribution is 2.33. The highest BCUT2D eigenvalue weighted by Gasteiger charge is 2.27. The van der Waals surface area contributed by atoms with Crippen LogP contribution in [-0.4, -0.2) is 22.5 Å². The van der Waals surface area contributed by atoms with Crippen molar-refractivity contribution >= 4 is 11.3 Å². The third kappa shape index (κ3) is 2.44. The average Bonchev–Trinajstić information content (AvgIpc) is 2.77. The van der Waals surface area contributed by atoms with E-state index in [1.165, 1.54) is 30.8 Å². The van der Waals surface area contributed by atoms with Gasteiger partial charge >= 0.3 is 0 Å². The van der Waals surface area contributed by atoms with E-state index in [9.17, 15) is 0 Å². The highest BCUT2D eigenvalue weighted by atomic mass is 32.1.